The number of hydrogen-bond donors (Lipinski definition) is 1. The summed E-state index contributed by atoms with van der Waals surface area (Å²) in [6, 6.07) is 13.9. The van der Waals surface area contributed by atoms with Gasteiger partial charge in [-0.15, -0.1) is 0 Å². The van der Waals surface area contributed by atoms with Gasteiger partial charge in [0.1, 0.15) is 0 Å². The largest absolute Gasteiger partial charge is 0.383 e. The number of halogens is 1. The average Bonchev–Trinajstić information content (AvgIpc) is 2.66. The van der Waals surface area contributed by atoms with E-state index in [1.807, 2.05) is 12.1 Å². The molecule has 0 fully saturated rings. The SMILES string of the molecule is COCCn1nc(CNC(=O)c2cccc(Cl)c2)c2ccccc2c1=O. The number of nitrogens with one attached hydrogen (secondary N) is 1. The predicted octanol–water partition coefficient (Wildman–Crippen LogP) is 2.63. The van der Waals surface area contributed by atoms with Crippen LogP contribution in [-0.2, 0) is 17.8 Å². The number of nitrogens with zero attached hydrogens (tertiary/aromatic N) is 2. The third-order valence-electron chi connectivity index (χ3n) is 3.95. The van der Waals surface area contributed by atoms with Crippen LogP contribution >= 0.6 is 11.6 Å². The molecule has 6 nitrogen and oxygen atoms in total. The second kappa shape index (κ2) is 8.12. The van der Waals surface area contributed by atoms with Gasteiger partial charge in [0.05, 0.1) is 30.8 Å². The van der Waals surface area contributed by atoms with Gasteiger partial charge in [0.25, 0.3) is 11.5 Å². The molecule has 26 heavy (non-hydrogen) atoms. The van der Waals surface area contributed by atoms with E-state index >= 15 is 0 Å². The van der Waals surface area contributed by atoms with E-state index in [9.17, 15) is 9.59 Å². The minimum atomic E-state index is -0.256. The standard InChI is InChI=1S/C19H18ClN3O3/c1-26-10-9-23-19(25)16-8-3-2-7-15(16)17(22-23)12-21-18(24)13-5-4-6-14(20)11-13/h2-8,11H,9-10,12H2,1H3,(H,21,24). The van der Waals surface area contributed by atoms with Gasteiger partial charge in [-0.2, -0.15) is 5.10 Å². The van der Waals surface area contributed by atoms with E-state index < -0.39 is 0 Å². The molecular weight excluding hydrogens is 354 g/mol. The number of aromatic nitrogens is 2. The van der Waals surface area contributed by atoms with Crippen molar-refractivity contribution in [1.29, 1.82) is 0 Å². The number of carbonyl (C=O) groups excluding carboxylic acids is 1. The quantitative estimate of drug-likeness (QED) is 0.723. The molecule has 2 aromatic carbocycles. The smallest absolute Gasteiger partial charge is 0.274 e. The molecule has 0 aliphatic carbocycles. The molecule has 0 aliphatic heterocycles. The lowest BCUT2D eigenvalue weighted by Gasteiger charge is -2.11. The lowest BCUT2D eigenvalue weighted by atomic mass is 10.1. The monoisotopic (exact) mass is 371 g/mol. The zero-order valence-electron chi connectivity index (χ0n) is 14.2. The molecule has 0 saturated heterocycles. The highest BCUT2D eigenvalue weighted by atomic mass is 35.5. The van der Waals surface area contributed by atoms with E-state index in [1.165, 1.54) is 4.68 Å². The molecule has 0 spiro atoms. The molecule has 0 aliphatic rings. The van der Waals surface area contributed by atoms with Crippen molar-refractivity contribution < 1.29 is 9.53 Å². The van der Waals surface area contributed by atoms with Gasteiger partial charge in [0, 0.05) is 23.1 Å². The number of hydrogen-bond acceptors (Lipinski definition) is 4. The lowest BCUT2D eigenvalue weighted by molar-refractivity contribution is 0.0950. The Balaban J connectivity index is 1.90. The molecule has 0 atom stereocenters. The normalized spacial score (nSPS) is 10.8. The van der Waals surface area contributed by atoms with E-state index in [2.05, 4.69) is 10.4 Å². The van der Waals surface area contributed by atoms with Crippen LogP contribution in [0.3, 0.4) is 0 Å². The number of carbonyl (C=O) groups is 1. The maximum Gasteiger partial charge on any atom is 0.274 e. The third kappa shape index (κ3) is 3.92. The van der Waals surface area contributed by atoms with Crippen molar-refractivity contribution in [2.75, 3.05) is 13.7 Å². The molecular formula is C19H18ClN3O3. The molecule has 1 aromatic heterocycles. The number of ether oxygens (including phenoxy) is 1. The van der Waals surface area contributed by atoms with Crippen LogP contribution in [-0.4, -0.2) is 29.4 Å². The summed E-state index contributed by atoms with van der Waals surface area (Å²) in [4.78, 5) is 24.9. The van der Waals surface area contributed by atoms with Crippen LogP contribution in [0.15, 0.2) is 53.3 Å². The van der Waals surface area contributed by atoms with E-state index in [0.717, 1.165) is 5.39 Å². The topological polar surface area (TPSA) is 73.2 Å². The second-order valence-corrected chi connectivity index (χ2v) is 6.14. The van der Waals surface area contributed by atoms with E-state index in [4.69, 9.17) is 16.3 Å². The Morgan fingerprint density at radius 2 is 1.96 bits per heavy atom. The first kappa shape index (κ1) is 18.1. The van der Waals surface area contributed by atoms with Crippen LogP contribution in [0.25, 0.3) is 10.8 Å². The number of fused-ring (bicyclic) bond motifs is 1. The van der Waals surface area contributed by atoms with Crippen molar-refractivity contribution in [3.63, 3.8) is 0 Å². The maximum atomic E-state index is 12.5. The van der Waals surface area contributed by atoms with E-state index in [-0.39, 0.29) is 18.0 Å². The Morgan fingerprint density at radius 1 is 1.19 bits per heavy atom. The van der Waals surface area contributed by atoms with Crippen molar-refractivity contribution in [1.82, 2.24) is 15.1 Å². The number of rotatable bonds is 6. The third-order valence-corrected chi connectivity index (χ3v) is 4.19. The van der Waals surface area contributed by atoms with Gasteiger partial charge in [-0.3, -0.25) is 9.59 Å². The first-order chi connectivity index (χ1) is 12.6. The van der Waals surface area contributed by atoms with Gasteiger partial charge in [-0.25, -0.2) is 4.68 Å². The van der Waals surface area contributed by atoms with Crippen LogP contribution < -0.4 is 10.9 Å². The highest BCUT2D eigenvalue weighted by Gasteiger charge is 2.12. The molecule has 7 heteroatoms. The van der Waals surface area contributed by atoms with E-state index in [0.29, 0.717) is 34.8 Å². The van der Waals surface area contributed by atoms with Gasteiger partial charge in [0.15, 0.2) is 0 Å². The van der Waals surface area contributed by atoms with Crippen LogP contribution in [0.2, 0.25) is 5.02 Å². The summed E-state index contributed by atoms with van der Waals surface area (Å²) in [6.07, 6.45) is 0. The highest BCUT2D eigenvalue weighted by molar-refractivity contribution is 6.30. The number of amides is 1. The number of benzene rings is 2. The first-order valence-electron chi connectivity index (χ1n) is 8.11. The Labute approximate surface area is 155 Å². The van der Waals surface area contributed by atoms with Crippen molar-refractivity contribution in [2.24, 2.45) is 0 Å². The Bertz CT molecular complexity index is 1000. The molecule has 1 heterocycles. The van der Waals surface area contributed by atoms with Crippen molar-refractivity contribution in [3.8, 4) is 0 Å². The zero-order valence-corrected chi connectivity index (χ0v) is 15.0. The molecule has 1 N–H and O–H groups in total. The maximum absolute atomic E-state index is 12.5. The molecule has 3 aromatic rings. The van der Waals surface area contributed by atoms with Crippen molar-refractivity contribution in [3.05, 3.63) is 75.2 Å². The lowest BCUT2D eigenvalue weighted by Crippen LogP contribution is -2.29. The summed E-state index contributed by atoms with van der Waals surface area (Å²) >= 11 is 5.93. The number of methoxy groups -OCH3 is 1. The second-order valence-electron chi connectivity index (χ2n) is 5.71. The van der Waals surface area contributed by atoms with Gasteiger partial charge in [-0.1, -0.05) is 35.9 Å². The van der Waals surface area contributed by atoms with Crippen LogP contribution in [0.4, 0.5) is 0 Å². The van der Waals surface area contributed by atoms with Crippen LogP contribution in [0.5, 0.6) is 0 Å². The van der Waals surface area contributed by atoms with Gasteiger partial charge >= 0.3 is 0 Å². The average molecular weight is 372 g/mol. The molecule has 134 valence electrons. The molecule has 1 amide bonds. The Kier molecular flexibility index (Phi) is 5.65. The van der Waals surface area contributed by atoms with Crippen molar-refractivity contribution in [2.45, 2.75) is 13.1 Å². The summed E-state index contributed by atoms with van der Waals surface area (Å²) in [5, 5.41) is 9.01. The minimum absolute atomic E-state index is 0.178. The van der Waals surface area contributed by atoms with Gasteiger partial charge < -0.3 is 10.1 Å². The first-order valence-corrected chi connectivity index (χ1v) is 8.49. The zero-order chi connectivity index (χ0) is 18.5. The molecule has 0 radical (unpaired) electrons. The fraction of sp³-hybridized carbons (Fsp3) is 0.211. The fourth-order valence-electron chi connectivity index (χ4n) is 2.66. The van der Waals surface area contributed by atoms with Gasteiger partial charge in [-0.05, 0) is 24.3 Å². The van der Waals surface area contributed by atoms with E-state index in [1.54, 1.807) is 43.5 Å². The molecule has 0 bridgehead atoms. The summed E-state index contributed by atoms with van der Waals surface area (Å²) < 4.78 is 6.41. The minimum Gasteiger partial charge on any atom is -0.383 e. The summed E-state index contributed by atoms with van der Waals surface area (Å²) in [5.41, 5.74) is 0.906. The molecule has 3 rings (SSSR count). The van der Waals surface area contributed by atoms with Crippen LogP contribution in [0.1, 0.15) is 16.1 Å². The van der Waals surface area contributed by atoms with Crippen molar-refractivity contribution >= 4 is 28.3 Å². The molecule has 0 saturated carbocycles. The predicted molar refractivity (Wildman–Crippen MR) is 101 cm³/mol. The summed E-state index contributed by atoms with van der Waals surface area (Å²) in [5.74, 6) is -0.256. The Morgan fingerprint density at radius 3 is 2.69 bits per heavy atom. The molecule has 0 unspecified atom stereocenters. The summed E-state index contributed by atoms with van der Waals surface area (Å²) in [7, 11) is 1.57. The Hall–Kier alpha value is -2.70. The van der Waals surface area contributed by atoms with Crippen LogP contribution in [0, 0.1) is 0 Å². The summed E-state index contributed by atoms with van der Waals surface area (Å²) in [6.45, 7) is 0.911. The van der Waals surface area contributed by atoms with Gasteiger partial charge in [0.2, 0.25) is 0 Å². The highest BCUT2D eigenvalue weighted by Crippen LogP contribution is 2.14. The fourth-order valence-corrected chi connectivity index (χ4v) is 2.85.